The van der Waals surface area contributed by atoms with E-state index >= 15 is 0 Å². The fraction of sp³-hybridized carbons (Fsp3) is 0.382. The van der Waals surface area contributed by atoms with Crippen LogP contribution in [-0.2, 0) is 10.8 Å². The van der Waals surface area contributed by atoms with Crippen molar-refractivity contribution in [3.63, 3.8) is 0 Å². The van der Waals surface area contributed by atoms with Gasteiger partial charge in [-0.1, -0.05) is 86.6 Å². The van der Waals surface area contributed by atoms with Gasteiger partial charge >= 0.3 is 11.9 Å². The first-order chi connectivity index (χ1) is 18.4. The number of rotatable bonds is 6. The van der Waals surface area contributed by atoms with Crippen molar-refractivity contribution in [2.75, 3.05) is 0 Å². The van der Waals surface area contributed by atoms with Gasteiger partial charge in [0.1, 0.15) is 0 Å². The van der Waals surface area contributed by atoms with Crippen molar-refractivity contribution in [2.24, 2.45) is 11.1 Å². The van der Waals surface area contributed by atoms with Crippen molar-refractivity contribution in [3.05, 3.63) is 94.5 Å². The first-order valence-corrected chi connectivity index (χ1v) is 13.5. The SMILES string of the molecule is CC(C)(C)c1ccc(C(=O)Oc2ccc(C(=O)C(N)C(C)(C)C)cc2OC(=O)c2ccc(C(C)(C)C)cc2)cc1. The molecule has 1 unspecified atom stereocenters. The third-order valence-corrected chi connectivity index (χ3v) is 6.82. The molecule has 0 saturated carbocycles. The Bertz CT molecular complexity index is 1380. The summed E-state index contributed by atoms with van der Waals surface area (Å²) in [6.07, 6.45) is 0. The van der Waals surface area contributed by atoms with E-state index in [1.165, 1.54) is 18.2 Å². The molecular weight excluding hydrogens is 502 g/mol. The molecule has 0 saturated heterocycles. The maximum Gasteiger partial charge on any atom is 0.343 e. The molecule has 6 nitrogen and oxygen atoms in total. The molecule has 3 rings (SSSR count). The smallest absolute Gasteiger partial charge is 0.343 e. The Hall–Kier alpha value is -3.77. The van der Waals surface area contributed by atoms with E-state index in [0.29, 0.717) is 11.1 Å². The lowest BCUT2D eigenvalue weighted by atomic mass is 9.83. The number of esters is 2. The second-order valence-corrected chi connectivity index (χ2v) is 13.3. The Morgan fingerprint density at radius 3 is 1.32 bits per heavy atom. The van der Waals surface area contributed by atoms with Gasteiger partial charge in [-0.25, -0.2) is 9.59 Å². The molecule has 0 bridgehead atoms. The Labute approximate surface area is 237 Å². The number of carbonyl (C=O) groups excluding carboxylic acids is 3. The minimum absolute atomic E-state index is 0.0189. The van der Waals surface area contributed by atoms with E-state index in [4.69, 9.17) is 15.2 Å². The lowest BCUT2D eigenvalue weighted by Gasteiger charge is -2.26. The van der Waals surface area contributed by atoms with Crippen LogP contribution in [0.2, 0.25) is 0 Å². The minimum atomic E-state index is -0.782. The van der Waals surface area contributed by atoms with Gasteiger partial charge in [0.05, 0.1) is 17.2 Å². The quantitative estimate of drug-likeness (QED) is 0.199. The molecule has 0 heterocycles. The number of nitrogens with two attached hydrogens (primary N) is 1. The number of benzene rings is 3. The average molecular weight is 544 g/mol. The maximum absolute atomic E-state index is 13.1. The number of carbonyl (C=O) groups is 3. The normalized spacial score (nSPS) is 12.9. The molecule has 40 heavy (non-hydrogen) atoms. The molecule has 0 fully saturated rings. The topological polar surface area (TPSA) is 95.7 Å². The molecule has 0 radical (unpaired) electrons. The zero-order chi connectivity index (χ0) is 30.0. The highest BCUT2D eigenvalue weighted by Gasteiger charge is 2.29. The Balaban J connectivity index is 1.95. The molecule has 0 aliphatic rings. The van der Waals surface area contributed by atoms with E-state index < -0.39 is 23.4 Å². The molecule has 6 heteroatoms. The van der Waals surface area contributed by atoms with Gasteiger partial charge in [0.2, 0.25) is 0 Å². The molecule has 3 aromatic rings. The summed E-state index contributed by atoms with van der Waals surface area (Å²) in [5.74, 6) is -1.59. The standard InChI is InChI=1S/C34H41NO5/c1-32(2,3)24-15-10-21(11-16-24)30(37)39-26-19-14-23(28(36)29(35)34(7,8)9)20-27(26)40-31(38)22-12-17-25(18-13-22)33(4,5)6/h10-20,29H,35H2,1-9H3. The third kappa shape index (κ3) is 7.45. The minimum Gasteiger partial charge on any atom is -0.419 e. The summed E-state index contributed by atoms with van der Waals surface area (Å²) in [7, 11) is 0. The summed E-state index contributed by atoms with van der Waals surface area (Å²) in [4.78, 5) is 39.3. The number of Topliss-reactive ketones (excluding diaryl/α,β-unsaturated/α-hetero) is 1. The molecule has 0 spiro atoms. The fourth-order valence-electron chi connectivity index (χ4n) is 3.93. The predicted molar refractivity (Wildman–Crippen MR) is 158 cm³/mol. The van der Waals surface area contributed by atoms with Gasteiger partial charge in [0, 0.05) is 5.56 Å². The second kappa shape index (κ2) is 11.4. The molecular formula is C34H41NO5. The van der Waals surface area contributed by atoms with Crippen LogP contribution in [0.15, 0.2) is 66.7 Å². The highest BCUT2D eigenvalue weighted by atomic mass is 16.6. The van der Waals surface area contributed by atoms with Gasteiger partial charge in [-0.2, -0.15) is 0 Å². The lowest BCUT2D eigenvalue weighted by Crippen LogP contribution is -2.42. The monoisotopic (exact) mass is 543 g/mol. The third-order valence-electron chi connectivity index (χ3n) is 6.82. The van der Waals surface area contributed by atoms with Crippen LogP contribution in [0.5, 0.6) is 11.5 Å². The van der Waals surface area contributed by atoms with Gasteiger partial charge in [0.25, 0.3) is 0 Å². The van der Waals surface area contributed by atoms with Crippen LogP contribution in [0, 0.1) is 5.41 Å². The van der Waals surface area contributed by atoms with E-state index in [-0.39, 0.29) is 33.7 Å². The van der Waals surface area contributed by atoms with Crippen molar-refractivity contribution >= 4 is 17.7 Å². The van der Waals surface area contributed by atoms with Crippen molar-refractivity contribution in [2.45, 2.75) is 79.2 Å². The average Bonchev–Trinajstić information content (AvgIpc) is 2.87. The first kappa shape index (κ1) is 30.8. The molecule has 0 amide bonds. The molecule has 0 aliphatic carbocycles. The summed E-state index contributed by atoms with van der Waals surface area (Å²) in [5.41, 5.74) is 8.67. The van der Waals surface area contributed by atoms with Crippen LogP contribution in [0.1, 0.15) is 105 Å². The lowest BCUT2D eigenvalue weighted by molar-refractivity contribution is 0.0682. The Morgan fingerprint density at radius 1 is 0.575 bits per heavy atom. The summed E-state index contributed by atoms with van der Waals surface area (Å²) < 4.78 is 11.4. The van der Waals surface area contributed by atoms with Gasteiger partial charge in [-0.3, -0.25) is 4.79 Å². The summed E-state index contributed by atoms with van der Waals surface area (Å²) >= 11 is 0. The number of ketones is 1. The van der Waals surface area contributed by atoms with Crippen molar-refractivity contribution in [1.82, 2.24) is 0 Å². The summed E-state index contributed by atoms with van der Waals surface area (Å²) in [5, 5.41) is 0. The second-order valence-electron chi connectivity index (χ2n) is 13.3. The number of hydrogen-bond acceptors (Lipinski definition) is 6. The van der Waals surface area contributed by atoms with E-state index in [0.717, 1.165) is 11.1 Å². The van der Waals surface area contributed by atoms with Crippen molar-refractivity contribution in [1.29, 1.82) is 0 Å². The molecule has 2 N–H and O–H groups in total. The van der Waals surface area contributed by atoms with Crippen LogP contribution in [0.3, 0.4) is 0 Å². The zero-order valence-corrected chi connectivity index (χ0v) is 25.0. The number of hydrogen-bond donors (Lipinski definition) is 1. The highest BCUT2D eigenvalue weighted by molar-refractivity contribution is 6.01. The van der Waals surface area contributed by atoms with E-state index in [2.05, 4.69) is 41.5 Å². The van der Waals surface area contributed by atoms with Gasteiger partial charge in [-0.05, 0) is 69.8 Å². The van der Waals surface area contributed by atoms with Crippen LogP contribution >= 0.6 is 0 Å². The van der Waals surface area contributed by atoms with Crippen LogP contribution < -0.4 is 15.2 Å². The van der Waals surface area contributed by atoms with Crippen LogP contribution in [-0.4, -0.2) is 23.8 Å². The number of ether oxygens (including phenoxy) is 2. The molecule has 0 aliphatic heterocycles. The largest absolute Gasteiger partial charge is 0.419 e. The molecule has 1 atom stereocenters. The highest BCUT2D eigenvalue weighted by Crippen LogP contribution is 2.32. The van der Waals surface area contributed by atoms with E-state index in [1.807, 2.05) is 45.0 Å². The zero-order valence-electron chi connectivity index (χ0n) is 25.0. The summed E-state index contributed by atoms with van der Waals surface area (Å²) in [6, 6.07) is 17.9. The first-order valence-electron chi connectivity index (χ1n) is 13.5. The Kier molecular flexibility index (Phi) is 8.75. The van der Waals surface area contributed by atoms with Gasteiger partial charge < -0.3 is 15.2 Å². The maximum atomic E-state index is 13.1. The molecule has 3 aromatic carbocycles. The van der Waals surface area contributed by atoms with E-state index in [1.54, 1.807) is 24.3 Å². The van der Waals surface area contributed by atoms with Crippen molar-refractivity contribution in [3.8, 4) is 11.5 Å². The van der Waals surface area contributed by atoms with Crippen LogP contribution in [0.25, 0.3) is 0 Å². The fourth-order valence-corrected chi connectivity index (χ4v) is 3.93. The molecule has 0 aromatic heterocycles. The van der Waals surface area contributed by atoms with Crippen LogP contribution in [0.4, 0.5) is 0 Å². The van der Waals surface area contributed by atoms with E-state index in [9.17, 15) is 14.4 Å². The summed E-state index contributed by atoms with van der Waals surface area (Å²) in [6.45, 7) is 18.1. The van der Waals surface area contributed by atoms with Gasteiger partial charge in [0.15, 0.2) is 17.3 Å². The molecule has 212 valence electrons. The Morgan fingerprint density at radius 2 is 0.950 bits per heavy atom. The van der Waals surface area contributed by atoms with Crippen molar-refractivity contribution < 1.29 is 23.9 Å². The predicted octanol–water partition coefficient (Wildman–Crippen LogP) is 7.28. The van der Waals surface area contributed by atoms with Gasteiger partial charge in [-0.15, -0.1) is 0 Å².